The van der Waals surface area contributed by atoms with E-state index >= 15 is 0 Å². The maximum Gasteiger partial charge on any atom is 0.269 e. The van der Waals surface area contributed by atoms with Crippen molar-refractivity contribution in [2.24, 2.45) is 0 Å². The molecule has 0 amide bonds. The van der Waals surface area contributed by atoms with Crippen molar-refractivity contribution in [3.8, 4) is 34.0 Å². The van der Waals surface area contributed by atoms with Gasteiger partial charge in [-0.3, -0.25) is 9.36 Å². The first-order valence-corrected chi connectivity index (χ1v) is 11.3. The van der Waals surface area contributed by atoms with Gasteiger partial charge in [-0.25, -0.2) is 9.67 Å². The third kappa shape index (κ3) is 3.88. The van der Waals surface area contributed by atoms with Gasteiger partial charge in [0.05, 0.1) is 17.1 Å². The summed E-state index contributed by atoms with van der Waals surface area (Å²) in [6, 6.07) is 28.2. The predicted molar refractivity (Wildman–Crippen MR) is 136 cm³/mol. The molecule has 168 valence electrons. The Morgan fingerprint density at radius 1 is 0.743 bits per heavy atom. The summed E-state index contributed by atoms with van der Waals surface area (Å²) in [4.78, 5) is 18.6. The van der Waals surface area contributed by atoms with E-state index in [-0.39, 0.29) is 5.56 Å². The fourth-order valence-electron chi connectivity index (χ4n) is 3.95. The number of hydrogen-bond donors (Lipinski definition) is 0. The molecule has 0 bridgehead atoms. The standard InChI is InChI=1S/C27H17ClN6O/c28-20-12-14-22(15-13-20)34-26(19-10-8-18(9-11-19)24-7-4-16-29-31-24)30-25-23(27(34)35)17-33(32-25)21-5-2-1-3-6-21/h1-17H. The van der Waals surface area contributed by atoms with Crippen LogP contribution >= 0.6 is 11.6 Å². The Hall–Kier alpha value is -4.62. The van der Waals surface area contributed by atoms with Crippen molar-refractivity contribution in [1.82, 2.24) is 29.5 Å². The molecule has 0 N–H and O–H groups in total. The Morgan fingerprint density at radius 2 is 1.49 bits per heavy atom. The van der Waals surface area contributed by atoms with Crippen LogP contribution in [0.4, 0.5) is 0 Å². The van der Waals surface area contributed by atoms with Gasteiger partial charge in [-0.2, -0.15) is 10.2 Å². The van der Waals surface area contributed by atoms with E-state index in [1.54, 1.807) is 45.9 Å². The summed E-state index contributed by atoms with van der Waals surface area (Å²) in [5, 5.41) is 13.7. The van der Waals surface area contributed by atoms with E-state index in [4.69, 9.17) is 16.6 Å². The zero-order chi connectivity index (χ0) is 23.8. The van der Waals surface area contributed by atoms with Gasteiger partial charge in [0.15, 0.2) is 5.65 Å². The molecule has 0 saturated carbocycles. The molecule has 3 aromatic heterocycles. The molecule has 0 spiro atoms. The average Bonchev–Trinajstić information content (AvgIpc) is 3.35. The molecule has 7 nitrogen and oxygen atoms in total. The molecular formula is C27H17ClN6O. The second kappa shape index (κ2) is 8.62. The highest BCUT2D eigenvalue weighted by Gasteiger charge is 2.18. The summed E-state index contributed by atoms with van der Waals surface area (Å²) in [5.74, 6) is 0.480. The number of aromatic nitrogens is 6. The zero-order valence-electron chi connectivity index (χ0n) is 18.3. The largest absolute Gasteiger partial charge is 0.269 e. The van der Waals surface area contributed by atoms with Crippen molar-refractivity contribution in [2.75, 3.05) is 0 Å². The van der Waals surface area contributed by atoms with Crippen molar-refractivity contribution in [1.29, 1.82) is 0 Å². The molecule has 8 heteroatoms. The van der Waals surface area contributed by atoms with Crippen LogP contribution in [-0.2, 0) is 0 Å². The summed E-state index contributed by atoms with van der Waals surface area (Å²) in [7, 11) is 0. The fourth-order valence-corrected chi connectivity index (χ4v) is 4.07. The summed E-state index contributed by atoms with van der Waals surface area (Å²) < 4.78 is 3.26. The van der Waals surface area contributed by atoms with Gasteiger partial charge < -0.3 is 0 Å². The first-order valence-electron chi connectivity index (χ1n) is 10.9. The quantitative estimate of drug-likeness (QED) is 0.343. The number of rotatable bonds is 4. The van der Waals surface area contributed by atoms with Gasteiger partial charge in [-0.05, 0) is 48.5 Å². The van der Waals surface area contributed by atoms with Crippen molar-refractivity contribution in [2.45, 2.75) is 0 Å². The Kier molecular flexibility index (Phi) is 5.16. The number of halogens is 1. The van der Waals surface area contributed by atoms with Crippen LogP contribution in [0.1, 0.15) is 0 Å². The first-order chi connectivity index (χ1) is 17.2. The van der Waals surface area contributed by atoms with Crippen LogP contribution < -0.4 is 5.56 Å². The molecule has 6 aromatic rings. The van der Waals surface area contributed by atoms with E-state index < -0.39 is 0 Å². The van der Waals surface area contributed by atoms with Gasteiger partial charge in [-0.15, -0.1) is 5.10 Å². The van der Waals surface area contributed by atoms with E-state index in [9.17, 15) is 4.79 Å². The molecular weight excluding hydrogens is 460 g/mol. The maximum absolute atomic E-state index is 13.8. The first kappa shape index (κ1) is 20.9. The third-order valence-corrected chi connectivity index (χ3v) is 5.92. The van der Waals surface area contributed by atoms with Crippen molar-refractivity contribution < 1.29 is 0 Å². The average molecular weight is 477 g/mol. The number of fused-ring (bicyclic) bond motifs is 1. The molecule has 0 radical (unpaired) electrons. The Bertz CT molecular complexity index is 1690. The fraction of sp³-hybridized carbons (Fsp3) is 0. The molecule has 0 fully saturated rings. The van der Waals surface area contributed by atoms with Crippen LogP contribution in [0.25, 0.3) is 45.1 Å². The smallest absolute Gasteiger partial charge is 0.268 e. The number of para-hydroxylation sites is 1. The van der Waals surface area contributed by atoms with Gasteiger partial charge in [0.1, 0.15) is 11.2 Å². The molecule has 6 rings (SSSR count). The van der Waals surface area contributed by atoms with Crippen molar-refractivity contribution in [3.63, 3.8) is 0 Å². The monoisotopic (exact) mass is 476 g/mol. The van der Waals surface area contributed by atoms with Gasteiger partial charge >= 0.3 is 0 Å². The minimum absolute atomic E-state index is 0.215. The minimum atomic E-state index is -0.215. The lowest BCUT2D eigenvalue weighted by Crippen LogP contribution is -2.21. The predicted octanol–water partition coefficient (Wildman–Crippen LogP) is 5.35. The summed E-state index contributed by atoms with van der Waals surface area (Å²) in [5.41, 5.74) is 4.10. The Balaban J connectivity index is 1.56. The highest BCUT2D eigenvalue weighted by molar-refractivity contribution is 6.30. The van der Waals surface area contributed by atoms with Gasteiger partial charge in [0.2, 0.25) is 0 Å². The molecule has 0 atom stereocenters. The van der Waals surface area contributed by atoms with Crippen LogP contribution in [0.2, 0.25) is 5.02 Å². The van der Waals surface area contributed by atoms with Gasteiger partial charge in [0.25, 0.3) is 5.56 Å². The summed E-state index contributed by atoms with van der Waals surface area (Å²) in [6.07, 6.45) is 3.35. The van der Waals surface area contributed by atoms with Crippen LogP contribution in [0.3, 0.4) is 0 Å². The van der Waals surface area contributed by atoms with Gasteiger partial charge in [0, 0.05) is 28.5 Å². The molecule has 3 aromatic carbocycles. The van der Waals surface area contributed by atoms with Crippen LogP contribution in [0.5, 0.6) is 0 Å². The minimum Gasteiger partial charge on any atom is -0.268 e. The lowest BCUT2D eigenvalue weighted by Gasteiger charge is -2.13. The van der Waals surface area contributed by atoms with Crippen LogP contribution in [0.15, 0.2) is 108 Å². The number of nitrogens with zero attached hydrogens (tertiary/aromatic N) is 6. The van der Waals surface area contributed by atoms with E-state index in [1.807, 2.05) is 66.7 Å². The van der Waals surface area contributed by atoms with Crippen molar-refractivity contribution >= 4 is 22.6 Å². The maximum atomic E-state index is 13.8. The molecule has 0 aliphatic heterocycles. The highest BCUT2D eigenvalue weighted by Crippen LogP contribution is 2.26. The SMILES string of the molecule is O=c1c2cn(-c3ccccc3)nc2nc(-c2ccc(-c3cccnn3)cc2)n1-c1ccc(Cl)cc1. The summed E-state index contributed by atoms with van der Waals surface area (Å²) in [6.45, 7) is 0. The Labute approximate surface area is 204 Å². The normalized spacial score (nSPS) is 11.1. The second-order valence-electron chi connectivity index (χ2n) is 7.89. The van der Waals surface area contributed by atoms with Gasteiger partial charge in [-0.1, -0.05) is 54.1 Å². The molecule has 0 aliphatic carbocycles. The van der Waals surface area contributed by atoms with Crippen LogP contribution in [0, 0.1) is 0 Å². The molecule has 0 aliphatic rings. The van der Waals surface area contributed by atoms with E-state index in [1.165, 1.54) is 0 Å². The zero-order valence-corrected chi connectivity index (χ0v) is 19.0. The molecule has 0 unspecified atom stereocenters. The second-order valence-corrected chi connectivity index (χ2v) is 8.32. The lowest BCUT2D eigenvalue weighted by molar-refractivity contribution is 0.888. The van der Waals surface area contributed by atoms with E-state index in [0.29, 0.717) is 27.6 Å². The summed E-state index contributed by atoms with van der Waals surface area (Å²) >= 11 is 6.11. The lowest BCUT2D eigenvalue weighted by atomic mass is 10.1. The molecule has 3 heterocycles. The van der Waals surface area contributed by atoms with E-state index in [2.05, 4.69) is 15.3 Å². The third-order valence-electron chi connectivity index (χ3n) is 5.67. The molecule has 0 saturated heterocycles. The van der Waals surface area contributed by atoms with Crippen LogP contribution in [-0.4, -0.2) is 29.5 Å². The highest BCUT2D eigenvalue weighted by atomic mass is 35.5. The van der Waals surface area contributed by atoms with E-state index in [0.717, 1.165) is 22.5 Å². The number of hydrogen-bond acceptors (Lipinski definition) is 5. The van der Waals surface area contributed by atoms with Crippen molar-refractivity contribution in [3.05, 3.63) is 119 Å². The topological polar surface area (TPSA) is 78.5 Å². The Morgan fingerprint density at radius 3 is 2.20 bits per heavy atom. The molecule has 35 heavy (non-hydrogen) atoms. The number of benzene rings is 3.